The second kappa shape index (κ2) is 13.2. The highest BCUT2D eigenvalue weighted by atomic mass is 16.4. The molecule has 0 spiro atoms. The number of aliphatic carboxylic acids is 2. The summed E-state index contributed by atoms with van der Waals surface area (Å²) in [4.78, 5) is 69.9. The molecule has 13 nitrogen and oxygen atoms in total. The lowest BCUT2D eigenvalue weighted by Crippen LogP contribution is -2.56. The summed E-state index contributed by atoms with van der Waals surface area (Å²) in [6.07, 6.45) is -1.07. The van der Waals surface area contributed by atoms with Gasteiger partial charge >= 0.3 is 11.9 Å². The number of carbonyl (C=O) groups excluding carboxylic acids is 4. The van der Waals surface area contributed by atoms with E-state index in [1.807, 2.05) is 0 Å². The van der Waals surface area contributed by atoms with Gasteiger partial charge in [0.15, 0.2) is 0 Å². The Kier molecular flexibility index (Phi) is 11.8. The van der Waals surface area contributed by atoms with Crippen molar-refractivity contribution in [3.63, 3.8) is 0 Å². The number of hydrogen-bond donors (Lipinski definition) is 7. The fourth-order valence-corrected chi connectivity index (χ4v) is 2.49. The Morgan fingerprint density at radius 1 is 0.839 bits per heavy atom. The van der Waals surface area contributed by atoms with Crippen LogP contribution in [0.25, 0.3) is 0 Å². The topological polar surface area (TPSA) is 231 Å². The third kappa shape index (κ3) is 11.5. The number of carboxylic acids is 2. The fourth-order valence-electron chi connectivity index (χ4n) is 2.49. The van der Waals surface area contributed by atoms with Crippen LogP contribution in [-0.2, 0) is 28.8 Å². The van der Waals surface area contributed by atoms with Gasteiger partial charge < -0.3 is 37.6 Å². The summed E-state index contributed by atoms with van der Waals surface area (Å²) in [7, 11) is 0. The zero-order valence-corrected chi connectivity index (χ0v) is 17.7. The van der Waals surface area contributed by atoms with E-state index >= 15 is 0 Å². The minimum Gasteiger partial charge on any atom is -0.481 e. The van der Waals surface area contributed by atoms with E-state index < -0.39 is 72.6 Å². The molecule has 0 saturated heterocycles. The highest BCUT2D eigenvalue weighted by Crippen LogP contribution is 2.07. The number of primary amides is 1. The van der Waals surface area contributed by atoms with E-state index in [1.165, 1.54) is 6.92 Å². The first-order chi connectivity index (χ1) is 14.2. The van der Waals surface area contributed by atoms with Crippen LogP contribution in [-0.4, -0.2) is 69.9 Å². The smallest absolute Gasteiger partial charge is 0.326 e. The van der Waals surface area contributed by atoms with Crippen molar-refractivity contribution in [2.24, 2.45) is 17.4 Å². The molecule has 0 aromatic carbocycles. The molecule has 31 heavy (non-hydrogen) atoms. The van der Waals surface area contributed by atoms with Crippen LogP contribution < -0.4 is 27.4 Å². The number of carbonyl (C=O) groups is 6. The van der Waals surface area contributed by atoms with Gasteiger partial charge in [-0.1, -0.05) is 13.8 Å². The molecule has 4 amide bonds. The van der Waals surface area contributed by atoms with E-state index in [1.54, 1.807) is 13.8 Å². The maximum Gasteiger partial charge on any atom is 0.326 e. The maximum atomic E-state index is 12.5. The van der Waals surface area contributed by atoms with E-state index in [2.05, 4.69) is 16.0 Å². The second-order valence-corrected chi connectivity index (χ2v) is 7.53. The Balaban J connectivity index is 5.19. The molecular formula is C18H31N5O8. The van der Waals surface area contributed by atoms with Crippen LogP contribution >= 0.6 is 0 Å². The van der Waals surface area contributed by atoms with Crippen LogP contribution in [0.3, 0.4) is 0 Å². The van der Waals surface area contributed by atoms with Crippen molar-refractivity contribution in [1.29, 1.82) is 0 Å². The van der Waals surface area contributed by atoms with Gasteiger partial charge in [-0.25, -0.2) is 4.79 Å². The maximum absolute atomic E-state index is 12.5. The van der Waals surface area contributed by atoms with Gasteiger partial charge in [0.1, 0.15) is 18.1 Å². The molecule has 9 N–H and O–H groups in total. The standard InChI is InChI=1S/C18H31N5O8/c1-8(2)6-12(18(30)31)23-17(29)11(4-5-14(25)26)22-15(27)9(3)21-16(28)10(19)7-13(20)24/h8-12H,4-7,19H2,1-3H3,(H2,20,24)(H,21,28)(H,22,27)(H,23,29)(H,25,26)(H,30,31). The van der Waals surface area contributed by atoms with Crippen LogP contribution in [0.2, 0.25) is 0 Å². The Morgan fingerprint density at radius 3 is 1.84 bits per heavy atom. The summed E-state index contributed by atoms with van der Waals surface area (Å²) in [5.74, 6) is -5.87. The van der Waals surface area contributed by atoms with Crippen LogP contribution in [0, 0.1) is 5.92 Å². The molecule has 0 aromatic rings. The lowest BCUT2D eigenvalue weighted by atomic mass is 10.0. The average molecular weight is 445 g/mol. The van der Waals surface area contributed by atoms with Crippen molar-refractivity contribution in [3.8, 4) is 0 Å². The van der Waals surface area contributed by atoms with Gasteiger partial charge in [0.25, 0.3) is 0 Å². The van der Waals surface area contributed by atoms with Crippen LogP contribution in [0.15, 0.2) is 0 Å². The number of nitrogens with two attached hydrogens (primary N) is 2. The van der Waals surface area contributed by atoms with Gasteiger partial charge in [-0.3, -0.25) is 24.0 Å². The Morgan fingerprint density at radius 2 is 1.39 bits per heavy atom. The zero-order valence-electron chi connectivity index (χ0n) is 17.7. The summed E-state index contributed by atoms with van der Waals surface area (Å²) >= 11 is 0. The monoisotopic (exact) mass is 445 g/mol. The summed E-state index contributed by atoms with van der Waals surface area (Å²) in [5.41, 5.74) is 10.4. The summed E-state index contributed by atoms with van der Waals surface area (Å²) in [6.45, 7) is 4.81. The highest BCUT2D eigenvalue weighted by molar-refractivity contribution is 5.94. The molecule has 0 aromatic heterocycles. The summed E-state index contributed by atoms with van der Waals surface area (Å²) < 4.78 is 0. The molecule has 13 heteroatoms. The van der Waals surface area contributed by atoms with Crippen molar-refractivity contribution >= 4 is 35.6 Å². The molecule has 176 valence electrons. The third-order valence-electron chi connectivity index (χ3n) is 4.11. The summed E-state index contributed by atoms with van der Waals surface area (Å²) in [5, 5.41) is 25.0. The Labute approximate surface area is 179 Å². The SMILES string of the molecule is CC(C)CC(NC(=O)C(CCC(=O)O)NC(=O)C(C)NC(=O)C(N)CC(N)=O)C(=O)O. The van der Waals surface area contributed by atoms with E-state index in [4.69, 9.17) is 16.6 Å². The minimum atomic E-state index is -1.35. The van der Waals surface area contributed by atoms with Crippen LogP contribution in [0.5, 0.6) is 0 Å². The van der Waals surface area contributed by atoms with Crippen molar-refractivity contribution in [2.75, 3.05) is 0 Å². The molecule has 0 aliphatic heterocycles. The first-order valence-corrected chi connectivity index (χ1v) is 9.64. The van der Waals surface area contributed by atoms with Crippen molar-refractivity contribution < 1.29 is 39.0 Å². The number of nitrogens with one attached hydrogen (secondary N) is 3. The van der Waals surface area contributed by atoms with Gasteiger partial charge in [0.05, 0.1) is 12.5 Å². The second-order valence-electron chi connectivity index (χ2n) is 7.53. The Hall–Kier alpha value is -3.22. The molecule has 0 heterocycles. The highest BCUT2D eigenvalue weighted by Gasteiger charge is 2.29. The zero-order chi connectivity index (χ0) is 24.3. The van der Waals surface area contributed by atoms with E-state index in [-0.39, 0.29) is 18.8 Å². The molecule has 0 aliphatic rings. The first kappa shape index (κ1) is 27.8. The van der Waals surface area contributed by atoms with E-state index in [0.717, 1.165) is 0 Å². The van der Waals surface area contributed by atoms with Crippen molar-refractivity contribution in [2.45, 2.75) is 70.6 Å². The predicted octanol–water partition coefficient (Wildman–Crippen LogP) is -2.34. The molecule has 0 bridgehead atoms. The molecule has 0 fully saturated rings. The van der Waals surface area contributed by atoms with Crippen LogP contribution in [0.1, 0.15) is 46.5 Å². The van der Waals surface area contributed by atoms with Gasteiger partial charge in [0, 0.05) is 6.42 Å². The van der Waals surface area contributed by atoms with Gasteiger partial charge in [-0.05, 0) is 25.7 Å². The van der Waals surface area contributed by atoms with Crippen molar-refractivity contribution in [1.82, 2.24) is 16.0 Å². The largest absolute Gasteiger partial charge is 0.481 e. The van der Waals surface area contributed by atoms with E-state index in [0.29, 0.717) is 0 Å². The lowest BCUT2D eigenvalue weighted by Gasteiger charge is -2.24. The molecule has 0 aliphatic carbocycles. The molecule has 4 atom stereocenters. The normalized spacial score (nSPS) is 14.6. The molecule has 0 rings (SSSR count). The van der Waals surface area contributed by atoms with Gasteiger partial charge in [-0.15, -0.1) is 0 Å². The predicted molar refractivity (Wildman–Crippen MR) is 107 cm³/mol. The van der Waals surface area contributed by atoms with Crippen molar-refractivity contribution in [3.05, 3.63) is 0 Å². The molecule has 0 saturated carbocycles. The van der Waals surface area contributed by atoms with Gasteiger partial charge in [0.2, 0.25) is 23.6 Å². The first-order valence-electron chi connectivity index (χ1n) is 9.64. The lowest BCUT2D eigenvalue weighted by molar-refractivity contribution is -0.143. The Bertz CT molecular complexity index is 696. The number of amides is 4. The number of hydrogen-bond acceptors (Lipinski definition) is 7. The number of rotatable bonds is 14. The minimum absolute atomic E-state index is 0.0479. The van der Waals surface area contributed by atoms with Crippen LogP contribution in [0.4, 0.5) is 0 Å². The third-order valence-corrected chi connectivity index (χ3v) is 4.11. The number of carboxylic acid groups (broad SMARTS) is 2. The quantitative estimate of drug-likeness (QED) is 0.151. The summed E-state index contributed by atoms with van der Waals surface area (Å²) in [6, 6.07) is -5.03. The fraction of sp³-hybridized carbons (Fsp3) is 0.667. The van der Waals surface area contributed by atoms with E-state index in [9.17, 15) is 33.9 Å². The molecule has 4 unspecified atom stereocenters. The van der Waals surface area contributed by atoms with Gasteiger partial charge in [-0.2, -0.15) is 0 Å². The molecule has 0 radical (unpaired) electrons. The average Bonchev–Trinajstić information content (AvgIpc) is 2.62. The molecular weight excluding hydrogens is 414 g/mol.